The van der Waals surface area contributed by atoms with Crippen molar-refractivity contribution in [1.82, 2.24) is 0 Å². The summed E-state index contributed by atoms with van der Waals surface area (Å²) in [4.78, 5) is 0. The molecule has 1 aliphatic rings. The molecule has 0 amide bonds. The standard InChI is InChI=1S/C12H16FN/c1-9-6-10(8-11(13)7-9)12(2-3-12)4-5-14/h6-8H,2-5,14H2,1H3. The lowest BCUT2D eigenvalue weighted by Gasteiger charge is -2.15. The van der Waals surface area contributed by atoms with Crippen LogP contribution in [-0.4, -0.2) is 6.54 Å². The molecule has 1 aliphatic carbocycles. The van der Waals surface area contributed by atoms with Gasteiger partial charge in [-0.1, -0.05) is 6.07 Å². The highest BCUT2D eigenvalue weighted by atomic mass is 19.1. The third kappa shape index (κ3) is 1.67. The van der Waals surface area contributed by atoms with Crippen molar-refractivity contribution in [2.24, 2.45) is 5.73 Å². The Kier molecular flexibility index (Phi) is 2.31. The Labute approximate surface area is 84.1 Å². The van der Waals surface area contributed by atoms with Gasteiger partial charge in [0, 0.05) is 0 Å². The van der Waals surface area contributed by atoms with Gasteiger partial charge in [0.1, 0.15) is 5.82 Å². The number of aryl methyl sites for hydroxylation is 1. The molecule has 2 heteroatoms. The molecule has 0 aromatic heterocycles. The van der Waals surface area contributed by atoms with Gasteiger partial charge in [0.05, 0.1) is 0 Å². The van der Waals surface area contributed by atoms with Crippen molar-refractivity contribution < 1.29 is 4.39 Å². The van der Waals surface area contributed by atoms with Gasteiger partial charge >= 0.3 is 0 Å². The molecule has 1 saturated carbocycles. The molecule has 0 aliphatic heterocycles. The highest BCUT2D eigenvalue weighted by Gasteiger charge is 2.43. The summed E-state index contributed by atoms with van der Waals surface area (Å²) in [6.45, 7) is 2.63. The van der Waals surface area contributed by atoms with E-state index in [1.807, 2.05) is 6.92 Å². The lowest BCUT2D eigenvalue weighted by atomic mass is 9.91. The summed E-state index contributed by atoms with van der Waals surface area (Å²) in [5.41, 5.74) is 7.93. The van der Waals surface area contributed by atoms with Crippen LogP contribution in [0.1, 0.15) is 30.4 Å². The normalized spacial score (nSPS) is 18.2. The van der Waals surface area contributed by atoms with Crippen LogP contribution < -0.4 is 5.73 Å². The maximum atomic E-state index is 13.2. The number of nitrogens with two attached hydrogens (primary N) is 1. The summed E-state index contributed by atoms with van der Waals surface area (Å²) in [6, 6.07) is 5.32. The lowest BCUT2D eigenvalue weighted by Crippen LogP contribution is -2.13. The van der Waals surface area contributed by atoms with E-state index >= 15 is 0 Å². The van der Waals surface area contributed by atoms with Gasteiger partial charge in [0.25, 0.3) is 0 Å². The van der Waals surface area contributed by atoms with Gasteiger partial charge in [-0.2, -0.15) is 0 Å². The molecule has 0 saturated heterocycles. The first-order valence-electron chi connectivity index (χ1n) is 5.14. The molecule has 2 rings (SSSR count). The van der Waals surface area contributed by atoms with Crippen LogP contribution in [0.5, 0.6) is 0 Å². The topological polar surface area (TPSA) is 26.0 Å². The zero-order chi connectivity index (χ0) is 10.2. The maximum Gasteiger partial charge on any atom is 0.123 e. The fourth-order valence-corrected chi connectivity index (χ4v) is 2.15. The second-order valence-electron chi connectivity index (χ2n) is 4.34. The van der Waals surface area contributed by atoms with Gasteiger partial charge in [-0.05, 0) is 61.4 Å². The Hall–Kier alpha value is -0.890. The van der Waals surface area contributed by atoms with Crippen LogP contribution in [0.3, 0.4) is 0 Å². The molecule has 0 atom stereocenters. The molecule has 1 fully saturated rings. The van der Waals surface area contributed by atoms with Gasteiger partial charge in [-0.15, -0.1) is 0 Å². The van der Waals surface area contributed by atoms with E-state index in [1.54, 1.807) is 12.1 Å². The predicted octanol–water partition coefficient (Wildman–Crippen LogP) is 2.51. The zero-order valence-electron chi connectivity index (χ0n) is 8.52. The fourth-order valence-electron chi connectivity index (χ4n) is 2.15. The summed E-state index contributed by atoms with van der Waals surface area (Å²) in [6.07, 6.45) is 3.30. The zero-order valence-corrected chi connectivity index (χ0v) is 8.52. The molecule has 76 valence electrons. The summed E-state index contributed by atoms with van der Waals surface area (Å²) in [5.74, 6) is -0.122. The van der Waals surface area contributed by atoms with E-state index in [1.165, 1.54) is 0 Å². The average molecular weight is 193 g/mol. The molecular formula is C12H16FN. The second-order valence-corrected chi connectivity index (χ2v) is 4.34. The van der Waals surface area contributed by atoms with Crippen molar-refractivity contribution in [2.75, 3.05) is 6.54 Å². The van der Waals surface area contributed by atoms with Crippen LogP contribution in [-0.2, 0) is 5.41 Å². The molecule has 2 N–H and O–H groups in total. The predicted molar refractivity (Wildman–Crippen MR) is 55.7 cm³/mol. The number of benzene rings is 1. The van der Waals surface area contributed by atoms with Crippen LogP contribution in [0, 0.1) is 12.7 Å². The van der Waals surface area contributed by atoms with Crippen molar-refractivity contribution in [3.8, 4) is 0 Å². The van der Waals surface area contributed by atoms with Crippen molar-refractivity contribution in [2.45, 2.75) is 31.6 Å². The third-order valence-corrected chi connectivity index (χ3v) is 3.13. The van der Waals surface area contributed by atoms with E-state index in [9.17, 15) is 4.39 Å². The molecule has 0 spiro atoms. The first-order valence-corrected chi connectivity index (χ1v) is 5.14. The molecule has 1 nitrogen and oxygen atoms in total. The third-order valence-electron chi connectivity index (χ3n) is 3.13. The first-order chi connectivity index (χ1) is 6.66. The quantitative estimate of drug-likeness (QED) is 0.784. The SMILES string of the molecule is Cc1cc(F)cc(C2(CCN)CC2)c1. The Morgan fingerprint density at radius 3 is 2.57 bits per heavy atom. The van der Waals surface area contributed by atoms with Crippen molar-refractivity contribution in [3.63, 3.8) is 0 Å². The highest BCUT2D eigenvalue weighted by Crippen LogP contribution is 2.50. The summed E-state index contributed by atoms with van der Waals surface area (Å²) in [7, 11) is 0. The number of hydrogen-bond donors (Lipinski definition) is 1. The van der Waals surface area contributed by atoms with Crippen molar-refractivity contribution in [3.05, 3.63) is 35.1 Å². The maximum absolute atomic E-state index is 13.2. The Morgan fingerprint density at radius 2 is 2.07 bits per heavy atom. The van der Waals surface area contributed by atoms with Gasteiger partial charge in [0.15, 0.2) is 0 Å². The van der Waals surface area contributed by atoms with E-state index in [-0.39, 0.29) is 11.2 Å². The Balaban J connectivity index is 2.32. The Morgan fingerprint density at radius 1 is 1.36 bits per heavy atom. The van der Waals surface area contributed by atoms with Crippen LogP contribution >= 0.6 is 0 Å². The molecule has 0 unspecified atom stereocenters. The molecule has 1 aromatic carbocycles. The van der Waals surface area contributed by atoms with Crippen LogP contribution in [0.4, 0.5) is 4.39 Å². The smallest absolute Gasteiger partial charge is 0.123 e. The number of hydrogen-bond acceptors (Lipinski definition) is 1. The molecule has 1 aromatic rings. The van der Waals surface area contributed by atoms with Gasteiger partial charge in [0.2, 0.25) is 0 Å². The van der Waals surface area contributed by atoms with Gasteiger partial charge < -0.3 is 5.73 Å². The summed E-state index contributed by atoms with van der Waals surface area (Å²) >= 11 is 0. The fraction of sp³-hybridized carbons (Fsp3) is 0.500. The van der Waals surface area contributed by atoms with Gasteiger partial charge in [-0.3, -0.25) is 0 Å². The first kappa shape index (κ1) is 9.66. The minimum absolute atomic E-state index is 0.122. The van der Waals surface area contributed by atoms with Crippen LogP contribution in [0.25, 0.3) is 0 Å². The van der Waals surface area contributed by atoms with Gasteiger partial charge in [-0.25, -0.2) is 4.39 Å². The van der Waals surface area contributed by atoms with Crippen LogP contribution in [0.15, 0.2) is 18.2 Å². The summed E-state index contributed by atoms with van der Waals surface area (Å²) < 4.78 is 13.2. The average Bonchev–Trinajstić information content (AvgIpc) is 2.84. The van der Waals surface area contributed by atoms with E-state index in [0.717, 1.165) is 30.4 Å². The molecule has 0 heterocycles. The van der Waals surface area contributed by atoms with Crippen LogP contribution in [0.2, 0.25) is 0 Å². The molecular weight excluding hydrogens is 177 g/mol. The second kappa shape index (κ2) is 3.35. The minimum atomic E-state index is -0.122. The monoisotopic (exact) mass is 193 g/mol. The highest BCUT2D eigenvalue weighted by molar-refractivity contribution is 5.34. The largest absolute Gasteiger partial charge is 0.330 e. The van der Waals surface area contributed by atoms with E-state index < -0.39 is 0 Å². The summed E-state index contributed by atoms with van der Waals surface area (Å²) in [5, 5.41) is 0. The number of rotatable bonds is 3. The molecule has 14 heavy (non-hydrogen) atoms. The molecule has 0 radical (unpaired) electrons. The molecule has 0 bridgehead atoms. The van der Waals surface area contributed by atoms with E-state index in [0.29, 0.717) is 6.54 Å². The van der Waals surface area contributed by atoms with Crippen molar-refractivity contribution in [1.29, 1.82) is 0 Å². The van der Waals surface area contributed by atoms with Crippen molar-refractivity contribution >= 4 is 0 Å². The Bertz CT molecular complexity index is 322. The number of halogens is 1. The van der Waals surface area contributed by atoms with E-state index in [4.69, 9.17) is 5.73 Å². The lowest BCUT2D eigenvalue weighted by molar-refractivity contribution is 0.597. The minimum Gasteiger partial charge on any atom is -0.330 e. The van der Waals surface area contributed by atoms with E-state index in [2.05, 4.69) is 6.07 Å².